The summed E-state index contributed by atoms with van der Waals surface area (Å²) in [4.78, 5) is 12.5. The molecule has 0 aliphatic carbocycles. The number of hydrogen-bond acceptors (Lipinski definition) is 4. The van der Waals surface area contributed by atoms with Crippen LogP contribution in [-0.4, -0.2) is 23.7 Å². The molecule has 0 spiro atoms. The van der Waals surface area contributed by atoms with E-state index in [2.05, 4.69) is 58.0 Å². The van der Waals surface area contributed by atoms with Crippen molar-refractivity contribution >= 4 is 16.8 Å². The Morgan fingerprint density at radius 2 is 1.97 bits per heavy atom. The maximum Gasteiger partial charge on any atom is 0.221 e. The fourth-order valence-electron chi connectivity index (χ4n) is 4.14. The molecule has 2 atom stereocenters. The molecule has 1 saturated heterocycles. The summed E-state index contributed by atoms with van der Waals surface area (Å²) in [5.41, 5.74) is 10.1. The Balaban J connectivity index is 1.36. The van der Waals surface area contributed by atoms with Crippen LogP contribution in [0, 0.1) is 0 Å². The first kappa shape index (κ1) is 19.5. The lowest BCUT2D eigenvalue weighted by molar-refractivity contribution is -0.121. The Hall–Kier alpha value is -2.83. The Kier molecular flexibility index (Phi) is 5.83. The van der Waals surface area contributed by atoms with Gasteiger partial charge in [0.05, 0.1) is 19.3 Å². The van der Waals surface area contributed by atoms with Crippen molar-refractivity contribution in [3.8, 4) is 5.75 Å². The lowest BCUT2D eigenvalue weighted by Crippen LogP contribution is -2.44. The van der Waals surface area contributed by atoms with Crippen molar-refractivity contribution in [3.05, 3.63) is 65.9 Å². The van der Waals surface area contributed by atoms with E-state index in [1.165, 1.54) is 16.6 Å². The number of para-hydroxylation sites is 2. The van der Waals surface area contributed by atoms with Crippen LogP contribution >= 0.6 is 0 Å². The highest BCUT2D eigenvalue weighted by Crippen LogP contribution is 2.28. The van der Waals surface area contributed by atoms with Gasteiger partial charge in [0.2, 0.25) is 5.91 Å². The van der Waals surface area contributed by atoms with Gasteiger partial charge >= 0.3 is 0 Å². The monoisotopic (exact) mass is 392 g/mol. The molecule has 6 nitrogen and oxygen atoms in total. The molecule has 3 N–H and O–H groups in total. The molecule has 1 aliphatic rings. The van der Waals surface area contributed by atoms with Gasteiger partial charge in [-0.3, -0.25) is 4.79 Å². The summed E-state index contributed by atoms with van der Waals surface area (Å²) in [5, 5.41) is 4.34. The highest BCUT2D eigenvalue weighted by Gasteiger charge is 2.28. The van der Waals surface area contributed by atoms with Gasteiger partial charge in [0, 0.05) is 30.6 Å². The molecule has 0 radical (unpaired) electrons. The number of nitrogens with one attached hydrogen (secondary N) is 3. The van der Waals surface area contributed by atoms with Crippen molar-refractivity contribution in [1.82, 2.24) is 20.7 Å². The zero-order valence-electron chi connectivity index (χ0n) is 16.9. The number of aromatic nitrogens is 1. The van der Waals surface area contributed by atoms with Crippen molar-refractivity contribution in [2.75, 3.05) is 7.11 Å². The van der Waals surface area contributed by atoms with E-state index in [9.17, 15) is 4.79 Å². The maximum atomic E-state index is 12.5. The number of methoxy groups -OCH3 is 1. The number of amides is 1. The molecule has 1 amide bonds. The molecule has 29 heavy (non-hydrogen) atoms. The van der Waals surface area contributed by atoms with Crippen LogP contribution in [0.4, 0.5) is 0 Å². The SMILES string of the molecule is CCn1c(C2CC(NC(=O)CCc3ccccc3OC)NN2)cc2ccccc21. The van der Waals surface area contributed by atoms with E-state index in [-0.39, 0.29) is 18.1 Å². The number of aryl methyl sites for hydroxylation is 2. The third-order valence-corrected chi connectivity index (χ3v) is 5.57. The van der Waals surface area contributed by atoms with E-state index >= 15 is 0 Å². The summed E-state index contributed by atoms with van der Waals surface area (Å²) in [6.45, 7) is 3.08. The average molecular weight is 393 g/mol. The second-order valence-corrected chi connectivity index (χ2v) is 7.38. The van der Waals surface area contributed by atoms with Crippen molar-refractivity contribution in [2.45, 2.75) is 44.9 Å². The summed E-state index contributed by atoms with van der Waals surface area (Å²) < 4.78 is 7.70. The molecule has 1 aromatic heterocycles. The molecular formula is C23H28N4O2. The first-order valence-electron chi connectivity index (χ1n) is 10.2. The molecule has 6 heteroatoms. The van der Waals surface area contributed by atoms with E-state index in [1.807, 2.05) is 24.3 Å². The molecule has 4 rings (SSSR count). The van der Waals surface area contributed by atoms with Gasteiger partial charge in [-0.25, -0.2) is 10.9 Å². The predicted molar refractivity (Wildman–Crippen MR) is 114 cm³/mol. The van der Waals surface area contributed by atoms with Gasteiger partial charge in [-0.2, -0.15) is 0 Å². The van der Waals surface area contributed by atoms with E-state index in [0.29, 0.717) is 12.8 Å². The number of rotatable bonds is 7. The number of carbonyl (C=O) groups is 1. The Morgan fingerprint density at radius 3 is 2.79 bits per heavy atom. The Morgan fingerprint density at radius 1 is 1.17 bits per heavy atom. The van der Waals surface area contributed by atoms with Crippen LogP contribution in [0.25, 0.3) is 10.9 Å². The molecule has 152 valence electrons. The summed E-state index contributed by atoms with van der Waals surface area (Å²) in [7, 11) is 1.66. The number of fused-ring (bicyclic) bond motifs is 1. The highest BCUT2D eigenvalue weighted by molar-refractivity contribution is 5.81. The second-order valence-electron chi connectivity index (χ2n) is 7.38. The number of benzene rings is 2. The fraction of sp³-hybridized carbons (Fsp3) is 0.348. The van der Waals surface area contributed by atoms with Crippen molar-refractivity contribution in [1.29, 1.82) is 0 Å². The van der Waals surface area contributed by atoms with Gasteiger partial charge in [0.25, 0.3) is 0 Å². The lowest BCUT2D eigenvalue weighted by Gasteiger charge is -2.14. The number of ether oxygens (including phenoxy) is 1. The minimum atomic E-state index is -0.0894. The fourth-order valence-corrected chi connectivity index (χ4v) is 4.14. The van der Waals surface area contributed by atoms with Crippen LogP contribution in [0.1, 0.15) is 37.1 Å². The molecule has 2 unspecified atom stereocenters. The number of hydrogen-bond donors (Lipinski definition) is 3. The minimum Gasteiger partial charge on any atom is -0.496 e. The zero-order valence-corrected chi connectivity index (χ0v) is 16.9. The topological polar surface area (TPSA) is 67.3 Å². The van der Waals surface area contributed by atoms with Gasteiger partial charge in [-0.05, 0) is 42.5 Å². The Bertz CT molecular complexity index is 997. The second kappa shape index (κ2) is 8.68. The third kappa shape index (κ3) is 4.13. The number of carbonyl (C=O) groups excluding carboxylic acids is 1. The summed E-state index contributed by atoms with van der Waals surface area (Å²) in [6.07, 6.45) is 1.80. The molecule has 2 heterocycles. The number of hydrazine groups is 1. The average Bonchev–Trinajstić information content (AvgIpc) is 3.36. The normalized spacial score (nSPS) is 18.8. The van der Waals surface area contributed by atoms with Gasteiger partial charge in [0.1, 0.15) is 5.75 Å². The summed E-state index contributed by atoms with van der Waals surface area (Å²) in [6, 6.07) is 18.7. The van der Waals surface area contributed by atoms with Crippen LogP contribution in [0.5, 0.6) is 5.75 Å². The van der Waals surface area contributed by atoms with E-state index in [0.717, 1.165) is 24.3 Å². The van der Waals surface area contributed by atoms with Crippen LogP contribution < -0.4 is 20.9 Å². The van der Waals surface area contributed by atoms with Crippen LogP contribution in [0.3, 0.4) is 0 Å². The van der Waals surface area contributed by atoms with Crippen LogP contribution in [-0.2, 0) is 17.8 Å². The molecule has 2 aromatic carbocycles. The standard InChI is InChI=1S/C23H28N4O2/c1-3-27-19-10-6-4-9-17(19)14-20(27)18-15-22(26-25-18)24-23(28)13-12-16-8-5-7-11-21(16)29-2/h4-11,14,18,22,25-26H,3,12-13,15H2,1-2H3,(H,24,28). The van der Waals surface area contributed by atoms with E-state index in [4.69, 9.17) is 4.74 Å². The van der Waals surface area contributed by atoms with E-state index in [1.54, 1.807) is 7.11 Å². The van der Waals surface area contributed by atoms with Gasteiger partial charge in [0.15, 0.2) is 0 Å². The number of nitrogens with zero attached hydrogens (tertiary/aromatic N) is 1. The van der Waals surface area contributed by atoms with Gasteiger partial charge in [-0.15, -0.1) is 0 Å². The quantitative estimate of drug-likeness (QED) is 0.577. The largest absolute Gasteiger partial charge is 0.496 e. The summed E-state index contributed by atoms with van der Waals surface area (Å²) in [5.74, 6) is 0.861. The molecule has 0 saturated carbocycles. The van der Waals surface area contributed by atoms with Crippen molar-refractivity contribution in [2.24, 2.45) is 0 Å². The summed E-state index contributed by atoms with van der Waals surface area (Å²) >= 11 is 0. The lowest BCUT2D eigenvalue weighted by atomic mass is 10.1. The van der Waals surface area contributed by atoms with Gasteiger partial charge < -0.3 is 14.6 Å². The highest BCUT2D eigenvalue weighted by atomic mass is 16.5. The van der Waals surface area contributed by atoms with Crippen molar-refractivity contribution < 1.29 is 9.53 Å². The van der Waals surface area contributed by atoms with Crippen molar-refractivity contribution in [3.63, 3.8) is 0 Å². The first-order valence-corrected chi connectivity index (χ1v) is 10.2. The smallest absolute Gasteiger partial charge is 0.221 e. The zero-order chi connectivity index (χ0) is 20.2. The minimum absolute atomic E-state index is 0.0342. The molecule has 1 aliphatic heterocycles. The van der Waals surface area contributed by atoms with E-state index < -0.39 is 0 Å². The first-order chi connectivity index (χ1) is 14.2. The predicted octanol–water partition coefficient (Wildman–Crippen LogP) is 3.28. The van der Waals surface area contributed by atoms with Gasteiger partial charge in [-0.1, -0.05) is 36.4 Å². The Labute approximate surface area is 171 Å². The molecule has 0 bridgehead atoms. The molecule has 3 aromatic rings. The third-order valence-electron chi connectivity index (χ3n) is 5.57. The maximum absolute atomic E-state index is 12.5. The molecule has 1 fully saturated rings. The van der Waals surface area contributed by atoms with Crippen LogP contribution in [0.2, 0.25) is 0 Å². The molecular weight excluding hydrogens is 364 g/mol. The van der Waals surface area contributed by atoms with Crippen LogP contribution in [0.15, 0.2) is 54.6 Å².